The molecule has 2 aliphatic rings. The Hall–Kier alpha value is -1.08. The van der Waals surface area contributed by atoms with Gasteiger partial charge >= 0.3 is 0 Å². The van der Waals surface area contributed by atoms with Crippen LogP contribution in [0.15, 0.2) is 42.5 Å². The zero-order valence-corrected chi connectivity index (χ0v) is 8.80. The van der Waals surface area contributed by atoms with Crippen molar-refractivity contribution in [3.05, 3.63) is 48.0 Å². The first-order valence-electron chi connectivity index (χ1n) is 5.77. The van der Waals surface area contributed by atoms with E-state index in [1.165, 1.54) is 18.4 Å². The van der Waals surface area contributed by atoms with Crippen LogP contribution in [0.25, 0.3) is 0 Å². The molecule has 2 aliphatic carbocycles. The highest BCUT2D eigenvalue weighted by Crippen LogP contribution is 2.41. The molecule has 1 saturated carbocycles. The van der Waals surface area contributed by atoms with E-state index in [4.69, 9.17) is 4.74 Å². The predicted octanol–water partition coefficient (Wildman–Crippen LogP) is 3.17. The van der Waals surface area contributed by atoms with Crippen molar-refractivity contribution < 1.29 is 4.74 Å². The minimum absolute atomic E-state index is 0.463. The van der Waals surface area contributed by atoms with Gasteiger partial charge in [-0.3, -0.25) is 0 Å². The molecule has 15 heavy (non-hydrogen) atoms. The fourth-order valence-electron chi connectivity index (χ4n) is 2.74. The standard InChI is InChI=1S/C14H16O/c1-2-4-11(5-3-1)10-15-14-12-6-7-13(14)9-8-12/h1-7,12-14H,8-10H2. The Morgan fingerprint density at radius 2 is 1.67 bits per heavy atom. The normalized spacial score (nSPS) is 32.4. The Morgan fingerprint density at radius 3 is 2.27 bits per heavy atom. The predicted molar refractivity (Wildman–Crippen MR) is 60.4 cm³/mol. The summed E-state index contributed by atoms with van der Waals surface area (Å²) in [4.78, 5) is 0. The Morgan fingerprint density at radius 1 is 1.00 bits per heavy atom. The summed E-state index contributed by atoms with van der Waals surface area (Å²) < 4.78 is 6.01. The van der Waals surface area contributed by atoms with Gasteiger partial charge in [-0.2, -0.15) is 0 Å². The van der Waals surface area contributed by atoms with Crippen LogP contribution in [-0.2, 0) is 11.3 Å². The fourth-order valence-corrected chi connectivity index (χ4v) is 2.74. The van der Waals surface area contributed by atoms with Crippen LogP contribution in [-0.4, -0.2) is 6.10 Å². The van der Waals surface area contributed by atoms with Gasteiger partial charge in [0.15, 0.2) is 0 Å². The van der Waals surface area contributed by atoms with Gasteiger partial charge in [0.05, 0.1) is 12.7 Å². The minimum atomic E-state index is 0.463. The summed E-state index contributed by atoms with van der Waals surface area (Å²) >= 11 is 0. The third-order valence-corrected chi connectivity index (χ3v) is 3.57. The van der Waals surface area contributed by atoms with Crippen molar-refractivity contribution >= 4 is 0 Å². The minimum Gasteiger partial charge on any atom is -0.372 e. The molecule has 2 atom stereocenters. The van der Waals surface area contributed by atoms with Crippen LogP contribution in [0.4, 0.5) is 0 Å². The molecule has 0 aliphatic heterocycles. The Balaban J connectivity index is 1.60. The van der Waals surface area contributed by atoms with Crippen molar-refractivity contribution in [3.8, 4) is 0 Å². The molecule has 0 heterocycles. The van der Waals surface area contributed by atoms with Crippen LogP contribution < -0.4 is 0 Å². The third kappa shape index (κ3) is 1.72. The van der Waals surface area contributed by atoms with Crippen molar-refractivity contribution in [2.45, 2.75) is 25.6 Å². The number of rotatable bonds is 3. The lowest BCUT2D eigenvalue weighted by Gasteiger charge is -2.16. The molecule has 2 unspecified atom stereocenters. The summed E-state index contributed by atoms with van der Waals surface area (Å²) in [5.74, 6) is 1.39. The molecule has 1 nitrogen and oxygen atoms in total. The second-order valence-electron chi connectivity index (χ2n) is 4.55. The molecule has 0 radical (unpaired) electrons. The quantitative estimate of drug-likeness (QED) is 0.681. The van der Waals surface area contributed by atoms with Gasteiger partial charge in [-0.1, -0.05) is 42.5 Å². The number of fused-ring (bicyclic) bond motifs is 2. The smallest absolute Gasteiger partial charge is 0.0721 e. The summed E-state index contributed by atoms with van der Waals surface area (Å²) in [7, 11) is 0. The Kier molecular flexibility index (Phi) is 2.34. The van der Waals surface area contributed by atoms with E-state index in [0.717, 1.165) is 6.61 Å². The summed E-state index contributed by atoms with van der Waals surface area (Å²) in [6.07, 6.45) is 7.78. The van der Waals surface area contributed by atoms with Gasteiger partial charge in [-0.25, -0.2) is 0 Å². The highest BCUT2D eigenvalue weighted by atomic mass is 16.5. The van der Waals surface area contributed by atoms with Crippen LogP contribution in [0.2, 0.25) is 0 Å². The highest BCUT2D eigenvalue weighted by molar-refractivity contribution is 5.15. The van der Waals surface area contributed by atoms with E-state index in [1.807, 2.05) is 6.07 Å². The maximum Gasteiger partial charge on any atom is 0.0721 e. The third-order valence-electron chi connectivity index (χ3n) is 3.57. The van der Waals surface area contributed by atoms with E-state index >= 15 is 0 Å². The van der Waals surface area contributed by atoms with E-state index in [2.05, 4.69) is 36.4 Å². The molecule has 1 fully saturated rings. The summed E-state index contributed by atoms with van der Waals surface area (Å²) in [5.41, 5.74) is 1.28. The molecule has 0 amide bonds. The van der Waals surface area contributed by atoms with Gasteiger partial charge in [0.2, 0.25) is 0 Å². The molecular weight excluding hydrogens is 184 g/mol. The second kappa shape index (κ2) is 3.82. The Bertz CT molecular complexity index is 341. The fraction of sp³-hybridized carbons (Fsp3) is 0.429. The largest absolute Gasteiger partial charge is 0.372 e. The van der Waals surface area contributed by atoms with Crippen molar-refractivity contribution in [2.75, 3.05) is 0 Å². The van der Waals surface area contributed by atoms with Crippen LogP contribution in [0.5, 0.6) is 0 Å². The number of hydrogen-bond acceptors (Lipinski definition) is 1. The molecule has 78 valence electrons. The van der Waals surface area contributed by atoms with E-state index in [1.54, 1.807) is 0 Å². The van der Waals surface area contributed by atoms with Crippen LogP contribution in [0.3, 0.4) is 0 Å². The monoisotopic (exact) mass is 200 g/mol. The zero-order valence-electron chi connectivity index (χ0n) is 8.80. The van der Waals surface area contributed by atoms with Crippen LogP contribution in [0, 0.1) is 11.8 Å². The maximum atomic E-state index is 6.01. The Labute approximate surface area is 90.8 Å². The van der Waals surface area contributed by atoms with Crippen LogP contribution in [0.1, 0.15) is 18.4 Å². The van der Waals surface area contributed by atoms with Crippen molar-refractivity contribution in [3.63, 3.8) is 0 Å². The van der Waals surface area contributed by atoms with Gasteiger partial charge in [0, 0.05) is 11.8 Å². The summed E-state index contributed by atoms with van der Waals surface area (Å²) in [5, 5.41) is 0. The van der Waals surface area contributed by atoms with Gasteiger partial charge in [-0.05, 0) is 18.4 Å². The van der Waals surface area contributed by atoms with E-state index < -0.39 is 0 Å². The van der Waals surface area contributed by atoms with Gasteiger partial charge < -0.3 is 4.74 Å². The molecule has 0 aromatic heterocycles. The van der Waals surface area contributed by atoms with Crippen LogP contribution >= 0.6 is 0 Å². The molecule has 1 aromatic carbocycles. The lowest BCUT2D eigenvalue weighted by atomic mass is 10.1. The van der Waals surface area contributed by atoms with Crippen molar-refractivity contribution in [1.82, 2.24) is 0 Å². The summed E-state index contributed by atoms with van der Waals surface area (Å²) in [6, 6.07) is 10.4. The van der Waals surface area contributed by atoms with Gasteiger partial charge in [0.25, 0.3) is 0 Å². The lowest BCUT2D eigenvalue weighted by molar-refractivity contribution is 0.0167. The molecule has 2 bridgehead atoms. The molecule has 1 aromatic rings. The topological polar surface area (TPSA) is 9.23 Å². The lowest BCUT2D eigenvalue weighted by Crippen LogP contribution is -2.18. The first kappa shape index (κ1) is 9.17. The number of hydrogen-bond donors (Lipinski definition) is 0. The van der Waals surface area contributed by atoms with Crippen molar-refractivity contribution in [2.24, 2.45) is 11.8 Å². The molecule has 0 N–H and O–H groups in total. The molecule has 3 rings (SSSR count). The molecular formula is C14H16O. The summed E-state index contributed by atoms with van der Waals surface area (Å²) in [6.45, 7) is 0.764. The molecule has 1 heteroatoms. The average Bonchev–Trinajstić information content (AvgIpc) is 2.87. The van der Waals surface area contributed by atoms with Gasteiger partial charge in [-0.15, -0.1) is 0 Å². The van der Waals surface area contributed by atoms with Gasteiger partial charge in [0.1, 0.15) is 0 Å². The first-order chi connectivity index (χ1) is 7.43. The van der Waals surface area contributed by atoms with E-state index in [9.17, 15) is 0 Å². The van der Waals surface area contributed by atoms with Crippen molar-refractivity contribution in [1.29, 1.82) is 0 Å². The average molecular weight is 200 g/mol. The second-order valence-corrected chi connectivity index (χ2v) is 4.55. The molecule has 0 spiro atoms. The highest BCUT2D eigenvalue weighted by Gasteiger charge is 2.38. The SMILES string of the molecule is C1=CC2CCC1C2OCc1ccccc1. The van der Waals surface area contributed by atoms with E-state index in [-0.39, 0.29) is 0 Å². The first-order valence-corrected chi connectivity index (χ1v) is 5.77. The molecule has 0 saturated heterocycles. The number of benzene rings is 1. The maximum absolute atomic E-state index is 6.01. The van der Waals surface area contributed by atoms with E-state index in [0.29, 0.717) is 17.9 Å². The zero-order chi connectivity index (χ0) is 10.1. The number of ether oxygens (including phenoxy) is 1.